The molecule has 0 spiro atoms. The molecule has 5 aromatic carbocycles. The van der Waals surface area contributed by atoms with Gasteiger partial charge in [0.25, 0.3) is 0 Å². The average molecular weight is 465 g/mol. The molecule has 0 amide bonds. The number of para-hydroxylation sites is 2. The standard InChI is InChI=1S/C32H20N2S/c1-2-9-22(10-3-1)33-18-17-21-19-26-23-11-4-6-14-27(23)34(30(26)20-29(21)33)28-15-8-13-25-24-12-5-7-16-31(24)35-32(25)28/h1-20H. The van der Waals surface area contributed by atoms with Crippen molar-refractivity contribution >= 4 is 64.2 Å². The van der Waals surface area contributed by atoms with Gasteiger partial charge in [0.1, 0.15) is 0 Å². The minimum absolute atomic E-state index is 1.18. The van der Waals surface area contributed by atoms with E-state index in [0.29, 0.717) is 0 Å². The monoisotopic (exact) mass is 464 g/mol. The molecule has 0 N–H and O–H groups in total. The molecule has 0 atom stereocenters. The number of hydrogen-bond acceptors (Lipinski definition) is 1. The second kappa shape index (κ2) is 7.08. The minimum Gasteiger partial charge on any atom is -0.316 e. The maximum atomic E-state index is 2.46. The molecule has 164 valence electrons. The van der Waals surface area contributed by atoms with E-state index >= 15 is 0 Å². The molecule has 0 aliphatic heterocycles. The number of rotatable bonds is 2. The third-order valence-corrected chi connectivity index (χ3v) is 8.35. The number of benzene rings is 5. The van der Waals surface area contributed by atoms with Gasteiger partial charge in [-0.2, -0.15) is 0 Å². The van der Waals surface area contributed by atoms with Crippen molar-refractivity contribution < 1.29 is 0 Å². The maximum Gasteiger partial charge on any atom is 0.0640 e. The van der Waals surface area contributed by atoms with Gasteiger partial charge in [0.05, 0.1) is 26.9 Å². The van der Waals surface area contributed by atoms with Crippen molar-refractivity contribution in [3.05, 3.63) is 121 Å². The van der Waals surface area contributed by atoms with Crippen LogP contribution in [0.15, 0.2) is 121 Å². The van der Waals surface area contributed by atoms with Crippen LogP contribution in [0.4, 0.5) is 0 Å². The summed E-state index contributed by atoms with van der Waals surface area (Å²) in [6.45, 7) is 0. The summed E-state index contributed by atoms with van der Waals surface area (Å²) in [6.07, 6.45) is 2.18. The van der Waals surface area contributed by atoms with Crippen molar-refractivity contribution in [2.24, 2.45) is 0 Å². The smallest absolute Gasteiger partial charge is 0.0640 e. The Labute approximate surface area is 205 Å². The molecule has 0 unspecified atom stereocenters. The van der Waals surface area contributed by atoms with Crippen LogP contribution in [0.25, 0.3) is 64.3 Å². The summed E-state index contributed by atoms with van der Waals surface area (Å²) in [7, 11) is 0. The fourth-order valence-corrected chi connectivity index (χ4v) is 6.79. The Morgan fingerprint density at radius 2 is 1.29 bits per heavy atom. The summed E-state index contributed by atoms with van der Waals surface area (Å²) in [6, 6.07) is 41.8. The Balaban J connectivity index is 1.52. The molecular formula is C32H20N2S. The largest absolute Gasteiger partial charge is 0.316 e. The Hall–Kier alpha value is -4.34. The molecule has 3 aromatic heterocycles. The fraction of sp³-hybridized carbons (Fsp3) is 0. The Kier molecular flexibility index (Phi) is 3.85. The zero-order chi connectivity index (χ0) is 22.9. The van der Waals surface area contributed by atoms with Crippen LogP contribution in [0.5, 0.6) is 0 Å². The van der Waals surface area contributed by atoms with Crippen LogP contribution >= 0.6 is 11.3 Å². The van der Waals surface area contributed by atoms with E-state index in [0.717, 1.165) is 0 Å². The molecule has 8 rings (SSSR count). The Bertz CT molecular complexity index is 2050. The van der Waals surface area contributed by atoms with Crippen molar-refractivity contribution in [1.29, 1.82) is 0 Å². The summed E-state index contributed by atoms with van der Waals surface area (Å²) < 4.78 is 7.41. The number of fused-ring (bicyclic) bond motifs is 7. The zero-order valence-electron chi connectivity index (χ0n) is 18.8. The average Bonchev–Trinajstić information content (AvgIpc) is 3.59. The third kappa shape index (κ3) is 2.64. The van der Waals surface area contributed by atoms with E-state index in [1.54, 1.807) is 0 Å². The first-order valence-electron chi connectivity index (χ1n) is 11.9. The fourth-order valence-electron chi connectivity index (χ4n) is 5.58. The summed E-state index contributed by atoms with van der Waals surface area (Å²) >= 11 is 1.88. The highest BCUT2D eigenvalue weighted by Crippen LogP contribution is 2.41. The number of nitrogens with zero attached hydrogens (tertiary/aromatic N) is 2. The summed E-state index contributed by atoms with van der Waals surface area (Å²) in [5, 5.41) is 6.48. The lowest BCUT2D eigenvalue weighted by molar-refractivity contribution is 1.13. The first-order valence-corrected chi connectivity index (χ1v) is 12.7. The van der Waals surface area contributed by atoms with Gasteiger partial charge in [-0.3, -0.25) is 0 Å². The van der Waals surface area contributed by atoms with Crippen molar-refractivity contribution in [3.8, 4) is 11.4 Å². The third-order valence-electron chi connectivity index (χ3n) is 7.14. The predicted octanol–water partition coefficient (Wildman–Crippen LogP) is 9.10. The van der Waals surface area contributed by atoms with E-state index in [-0.39, 0.29) is 0 Å². The van der Waals surface area contributed by atoms with Crippen LogP contribution in [0, 0.1) is 0 Å². The number of aromatic nitrogens is 2. The minimum atomic E-state index is 1.18. The van der Waals surface area contributed by atoms with Crippen molar-refractivity contribution in [1.82, 2.24) is 9.13 Å². The van der Waals surface area contributed by atoms with Crippen LogP contribution < -0.4 is 0 Å². The summed E-state index contributed by atoms with van der Waals surface area (Å²) in [5.41, 5.74) is 6.12. The predicted molar refractivity (Wildman–Crippen MR) is 151 cm³/mol. The first kappa shape index (κ1) is 19.0. The molecule has 8 aromatic rings. The van der Waals surface area contributed by atoms with Gasteiger partial charge in [0.15, 0.2) is 0 Å². The van der Waals surface area contributed by atoms with E-state index < -0.39 is 0 Å². The van der Waals surface area contributed by atoms with Gasteiger partial charge in [0, 0.05) is 43.5 Å². The Morgan fingerprint density at radius 3 is 2.20 bits per heavy atom. The molecule has 0 saturated heterocycles. The molecule has 0 bridgehead atoms. The quantitative estimate of drug-likeness (QED) is 0.241. The molecule has 0 aliphatic rings. The van der Waals surface area contributed by atoms with Crippen molar-refractivity contribution in [3.63, 3.8) is 0 Å². The van der Waals surface area contributed by atoms with Crippen LogP contribution in [0.3, 0.4) is 0 Å². The topological polar surface area (TPSA) is 9.86 Å². The lowest BCUT2D eigenvalue weighted by Gasteiger charge is -2.10. The van der Waals surface area contributed by atoms with Crippen LogP contribution in [-0.2, 0) is 0 Å². The van der Waals surface area contributed by atoms with Crippen molar-refractivity contribution in [2.75, 3.05) is 0 Å². The molecule has 2 nitrogen and oxygen atoms in total. The van der Waals surface area contributed by atoms with Crippen molar-refractivity contribution in [2.45, 2.75) is 0 Å². The SMILES string of the molecule is c1ccc(-n2ccc3cc4c5ccccc5n(-c5cccc6c5sc5ccccc56)c4cc32)cc1. The normalized spacial score (nSPS) is 12.0. The van der Waals surface area contributed by atoms with Gasteiger partial charge < -0.3 is 9.13 Å². The number of hydrogen-bond donors (Lipinski definition) is 0. The lowest BCUT2D eigenvalue weighted by atomic mass is 10.1. The molecule has 0 radical (unpaired) electrons. The molecule has 0 aliphatic carbocycles. The van der Waals surface area contributed by atoms with Gasteiger partial charge in [-0.25, -0.2) is 0 Å². The first-order chi connectivity index (χ1) is 17.4. The number of thiophene rings is 1. The highest BCUT2D eigenvalue weighted by molar-refractivity contribution is 7.26. The second-order valence-corrected chi connectivity index (χ2v) is 10.1. The summed E-state index contributed by atoms with van der Waals surface area (Å²) in [4.78, 5) is 0. The van der Waals surface area contributed by atoms with Gasteiger partial charge in [-0.1, -0.05) is 66.7 Å². The molecular weight excluding hydrogens is 444 g/mol. The van der Waals surface area contributed by atoms with Crippen LogP contribution in [0.1, 0.15) is 0 Å². The Morgan fingerprint density at radius 1 is 0.514 bits per heavy atom. The molecule has 3 heteroatoms. The van der Waals surface area contributed by atoms with Gasteiger partial charge in [0.2, 0.25) is 0 Å². The lowest BCUT2D eigenvalue weighted by Crippen LogP contribution is -1.95. The molecule has 35 heavy (non-hydrogen) atoms. The van der Waals surface area contributed by atoms with E-state index in [9.17, 15) is 0 Å². The highest BCUT2D eigenvalue weighted by Gasteiger charge is 2.17. The van der Waals surface area contributed by atoms with Crippen LogP contribution in [-0.4, -0.2) is 9.13 Å². The maximum absolute atomic E-state index is 2.46. The van der Waals surface area contributed by atoms with E-state index in [2.05, 4.69) is 131 Å². The van der Waals surface area contributed by atoms with Gasteiger partial charge in [-0.15, -0.1) is 11.3 Å². The second-order valence-electron chi connectivity index (χ2n) is 9.05. The van der Waals surface area contributed by atoms with E-state index in [1.807, 2.05) is 11.3 Å². The summed E-state index contributed by atoms with van der Waals surface area (Å²) in [5.74, 6) is 0. The molecule has 3 heterocycles. The van der Waals surface area contributed by atoms with E-state index in [4.69, 9.17) is 0 Å². The molecule has 0 fully saturated rings. The van der Waals surface area contributed by atoms with Crippen LogP contribution in [0.2, 0.25) is 0 Å². The molecule has 0 saturated carbocycles. The van der Waals surface area contributed by atoms with Gasteiger partial charge in [-0.05, 0) is 48.5 Å². The highest BCUT2D eigenvalue weighted by atomic mass is 32.1. The van der Waals surface area contributed by atoms with E-state index in [1.165, 1.54) is 64.3 Å². The zero-order valence-corrected chi connectivity index (χ0v) is 19.7. The van der Waals surface area contributed by atoms with Gasteiger partial charge >= 0.3 is 0 Å².